The van der Waals surface area contributed by atoms with Crippen LogP contribution in [0.4, 0.5) is 0 Å². The van der Waals surface area contributed by atoms with Crippen molar-refractivity contribution < 1.29 is 8.42 Å². The lowest BCUT2D eigenvalue weighted by atomic mass is 10.2. The van der Waals surface area contributed by atoms with E-state index in [2.05, 4.69) is 28.6 Å². The molecule has 0 aliphatic rings. The van der Waals surface area contributed by atoms with Gasteiger partial charge in [0.25, 0.3) is 0 Å². The van der Waals surface area contributed by atoms with Crippen LogP contribution >= 0.6 is 23.4 Å². The van der Waals surface area contributed by atoms with Gasteiger partial charge in [0.1, 0.15) is 0 Å². The second kappa shape index (κ2) is 10.8. The molecule has 9 heteroatoms. The van der Waals surface area contributed by atoms with E-state index >= 15 is 0 Å². The molecule has 0 N–H and O–H groups in total. The molecule has 3 aromatic rings. The third-order valence-electron chi connectivity index (χ3n) is 4.96. The van der Waals surface area contributed by atoms with Crippen LogP contribution in [0.1, 0.15) is 33.3 Å². The van der Waals surface area contributed by atoms with E-state index in [1.54, 1.807) is 30.0 Å². The van der Waals surface area contributed by atoms with Gasteiger partial charge in [-0.1, -0.05) is 75.3 Å². The maximum atomic E-state index is 13.0. The zero-order valence-electron chi connectivity index (χ0n) is 18.8. The van der Waals surface area contributed by atoms with Gasteiger partial charge in [-0.05, 0) is 35.7 Å². The smallest absolute Gasteiger partial charge is 0.243 e. The number of hydrogen-bond donors (Lipinski definition) is 0. The summed E-state index contributed by atoms with van der Waals surface area (Å²) in [5.74, 6) is 1.76. The summed E-state index contributed by atoms with van der Waals surface area (Å²) >= 11 is 7.70. The molecule has 0 aliphatic carbocycles. The Labute approximate surface area is 200 Å². The number of aromatic nitrogens is 3. The van der Waals surface area contributed by atoms with Crippen LogP contribution in [0, 0.1) is 5.92 Å². The van der Waals surface area contributed by atoms with Crippen molar-refractivity contribution in [1.82, 2.24) is 19.1 Å². The number of sulfonamides is 1. The van der Waals surface area contributed by atoms with Crippen LogP contribution in [0.15, 0.2) is 58.6 Å². The molecule has 0 fully saturated rings. The summed E-state index contributed by atoms with van der Waals surface area (Å²) in [6.45, 7) is 9.54. The van der Waals surface area contributed by atoms with Gasteiger partial charge in [-0.2, -0.15) is 4.31 Å². The third kappa shape index (κ3) is 5.73. The Morgan fingerprint density at radius 1 is 1.06 bits per heavy atom. The quantitative estimate of drug-likeness (QED) is 0.346. The van der Waals surface area contributed by atoms with Crippen LogP contribution in [0.2, 0.25) is 5.02 Å². The first-order valence-electron chi connectivity index (χ1n) is 10.7. The van der Waals surface area contributed by atoms with Crippen LogP contribution in [-0.2, 0) is 22.3 Å². The Morgan fingerprint density at radius 2 is 1.78 bits per heavy atom. The molecule has 0 saturated carbocycles. The van der Waals surface area contributed by atoms with Gasteiger partial charge in [0.05, 0.1) is 4.90 Å². The predicted octanol–water partition coefficient (Wildman–Crippen LogP) is 5.58. The fourth-order valence-corrected chi connectivity index (χ4v) is 6.03. The Bertz CT molecular complexity index is 1160. The molecule has 6 nitrogen and oxygen atoms in total. The molecule has 0 amide bonds. The minimum Gasteiger partial charge on any atom is -0.302 e. The molecule has 0 spiro atoms. The van der Waals surface area contributed by atoms with E-state index in [1.807, 2.05) is 44.2 Å². The van der Waals surface area contributed by atoms with Crippen LogP contribution in [0.5, 0.6) is 0 Å². The van der Waals surface area contributed by atoms with Gasteiger partial charge in [0, 0.05) is 36.0 Å². The first kappa shape index (κ1) is 24.8. The summed E-state index contributed by atoms with van der Waals surface area (Å²) in [5, 5.41) is 10.4. The molecule has 1 heterocycles. The average molecular weight is 493 g/mol. The lowest BCUT2D eigenvalue weighted by Crippen LogP contribution is -2.30. The summed E-state index contributed by atoms with van der Waals surface area (Å²) in [6, 6.07) is 14.7. The summed E-state index contributed by atoms with van der Waals surface area (Å²) in [5.41, 5.74) is 1.84. The van der Waals surface area contributed by atoms with Gasteiger partial charge in [-0.15, -0.1) is 10.2 Å². The van der Waals surface area contributed by atoms with E-state index in [4.69, 9.17) is 11.6 Å². The van der Waals surface area contributed by atoms with Crippen LogP contribution in [0.3, 0.4) is 0 Å². The third-order valence-corrected chi connectivity index (χ3v) is 8.28. The minimum absolute atomic E-state index is 0.269. The molecule has 0 atom stereocenters. The molecule has 0 radical (unpaired) electrons. The van der Waals surface area contributed by atoms with Gasteiger partial charge in [-0.3, -0.25) is 0 Å². The molecular formula is C23H29ClN4O2S2. The average Bonchev–Trinajstić information content (AvgIpc) is 3.15. The van der Waals surface area contributed by atoms with Crippen molar-refractivity contribution in [2.24, 2.45) is 5.92 Å². The highest BCUT2D eigenvalue weighted by atomic mass is 35.5. The number of hydrogen-bond acceptors (Lipinski definition) is 5. The molecule has 32 heavy (non-hydrogen) atoms. The zero-order chi connectivity index (χ0) is 23.3. The van der Waals surface area contributed by atoms with Gasteiger partial charge >= 0.3 is 0 Å². The van der Waals surface area contributed by atoms with E-state index in [9.17, 15) is 8.42 Å². The number of nitrogens with zero attached hydrogens (tertiary/aromatic N) is 4. The highest BCUT2D eigenvalue weighted by Gasteiger charge is 2.23. The van der Waals surface area contributed by atoms with Gasteiger partial charge in [-0.25, -0.2) is 8.42 Å². The van der Waals surface area contributed by atoms with Gasteiger partial charge in [0.15, 0.2) is 11.0 Å². The van der Waals surface area contributed by atoms with E-state index in [0.717, 1.165) is 22.8 Å². The molecule has 0 saturated heterocycles. The standard InChI is InChI=1S/C23H29ClN4O2S2/c1-5-27(6-2)32(29,30)21-12-8-10-19(14-21)22-25-26-23(28(22)15-17(3)4)31-16-18-9-7-11-20(24)13-18/h7-14,17H,5-6,15-16H2,1-4H3. The molecule has 1 aromatic heterocycles. The van der Waals surface area contributed by atoms with Crippen molar-refractivity contribution in [3.63, 3.8) is 0 Å². The van der Waals surface area contributed by atoms with Crippen LogP contribution in [-0.4, -0.2) is 40.6 Å². The van der Waals surface area contributed by atoms with Crippen molar-refractivity contribution >= 4 is 33.4 Å². The van der Waals surface area contributed by atoms with Gasteiger partial charge in [0.2, 0.25) is 10.0 Å². The van der Waals surface area contributed by atoms with E-state index in [0.29, 0.717) is 35.6 Å². The normalized spacial score (nSPS) is 12.1. The van der Waals surface area contributed by atoms with Crippen LogP contribution in [0.25, 0.3) is 11.4 Å². The maximum absolute atomic E-state index is 13.0. The topological polar surface area (TPSA) is 68.1 Å². The fourth-order valence-electron chi connectivity index (χ4n) is 3.42. The number of halogens is 1. The molecule has 0 bridgehead atoms. The number of thioether (sulfide) groups is 1. The molecular weight excluding hydrogens is 464 g/mol. The highest BCUT2D eigenvalue weighted by Crippen LogP contribution is 2.29. The molecule has 3 rings (SSSR count). The summed E-state index contributed by atoms with van der Waals surface area (Å²) in [7, 11) is -3.55. The summed E-state index contributed by atoms with van der Waals surface area (Å²) in [6.07, 6.45) is 0. The fraction of sp³-hybridized carbons (Fsp3) is 0.391. The number of benzene rings is 2. The van der Waals surface area contributed by atoms with Crippen LogP contribution < -0.4 is 0 Å². The maximum Gasteiger partial charge on any atom is 0.243 e. The molecule has 0 aliphatic heterocycles. The molecule has 2 aromatic carbocycles. The zero-order valence-corrected chi connectivity index (χ0v) is 21.2. The lowest BCUT2D eigenvalue weighted by molar-refractivity contribution is 0.445. The van der Waals surface area contributed by atoms with Crippen molar-refractivity contribution in [3.05, 3.63) is 59.1 Å². The summed E-state index contributed by atoms with van der Waals surface area (Å²) < 4.78 is 29.5. The molecule has 0 unspecified atom stereocenters. The summed E-state index contributed by atoms with van der Waals surface area (Å²) in [4.78, 5) is 0.269. The Hall–Kier alpha value is -1.87. The van der Waals surface area contributed by atoms with Crippen molar-refractivity contribution in [2.45, 2.75) is 50.0 Å². The second-order valence-electron chi connectivity index (χ2n) is 7.85. The second-order valence-corrected chi connectivity index (χ2v) is 11.2. The SMILES string of the molecule is CCN(CC)S(=O)(=O)c1cccc(-c2nnc(SCc3cccc(Cl)c3)n2CC(C)C)c1. The van der Waals surface area contributed by atoms with Gasteiger partial charge < -0.3 is 4.57 Å². The number of rotatable bonds is 10. The highest BCUT2D eigenvalue weighted by molar-refractivity contribution is 7.98. The lowest BCUT2D eigenvalue weighted by Gasteiger charge is -2.19. The Balaban J connectivity index is 1.96. The largest absolute Gasteiger partial charge is 0.302 e. The first-order chi connectivity index (χ1) is 15.3. The van der Waals surface area contributed by atoms with E-state index in [1.165, 1.54) is 4.31 Å². The predicted molar refractivity (Wildman–Crippen MR) is 131 cm³/mol. The van der Waals surface area contributed by atoms with E-state index in [-0.39, 0.29) is 4.90 Å². The van der Waals surface area contributed by atoms with Crippen molar-refractivity contribution in [2.75, 3.05) is 13.1 Å². The van der Waals surface area contributed by atoms with Crippen molar-refractivity contribution in [3.8, 4) is 11.4 Å². The monoisotopic (exact) mass is 492 g/mol. The van der Waals surface area contributed by atoms with E-state index < -0.39 is 10.0 Å². The Kier molecular flexibility index (Phi) is 8.38. The first-order valence-corrected chi connectivity index (χ1v) is 13.5. The Morgan fingerprint density at radius 3 is 2.44 bits per heavy atom. The molecule has 172 valence electrons. The van der Waals surface area contributed by atoms with Crippen molar-refractivity contribution in [1.29, 1.82) is 0 Å². The minimum atomic E-state index is -3.55.